The van der Waals surface area contributed by atoms with Crippen molar-refractivity contribution in [2.45, 2.75) is 13.5 Å². The number of aromatic amines is 1. The Kier molecular flexibility index (Phi) is 3.74. The Labute approximate surface area is 143 Å². The summed E-state index contributed by atoms with van der Waals surface area (Å²) in [4.78, 5) is 17.0. The Morgan fingerprint density at radius 1 is 1.20 bits per heavy atom. The van der Waals surface area contributed by atoms with Crippen LogP contribution in [-0.2, 0) is 6.54 Å². The van der Waals surface area contributed by atoms with Crippen LogP contribution in [0.4, 0.5) is 5.82 Å². The normalized spacial score (nSPS) is 10.9. The van der Waals surface area contributed by atoms with E-state index in [4.69, 9.17) is 0 Å². The standard InChI is InChI=1S/C18H16N6O/c1-12-10-16(24(23-12)11-13-6-4-5-9-19-13)20-18(25)17-14-7-2-3-8-15(14)21-22-17/h2-10H,11H2,1H3,(H,20,25)(H,21,22). The number of rotatable bonds is 4. The van der Waals surface area contributed by atoms with Crippen LogP contribution in [0.2, 0.25) is 0 Å². The summed E-state index contributed by atoms with van der Waals surface area (Å²) < 4.78 is 1.73. The smallest absolute Gasteiger partial charge is 0.277 e. The molecule has 0 radical (unpaired) electrons. The number of hydrogen-bond acceptors (Lipinski definition) is 4. The number of anilines is 1. The van der Waals surface area contributed by atoms with Crippen molar-refractivity contribution in [3.63, 3.8) is 0 Å². The first-order valence-corrected chi connectivity index (χ1v) is 7.89. The van der Waals surface area contributed by atoms with Crippen molar-refractivity contribution in [3.8, 4) is 0 Å². The Bertz CT molecular complexity index is 1030. The SMILES string of the molecule is Cc1cc(NC(=O)c2n[nH]c3ccccc23)n(Cc2ccccn2)n1. The maximum absolute atomic E-state index is 12.7. The molecule has 0 aliphatic carbocycles. The fourth-order valence-corrected chi connectivity index (χ4v) is 2.72. The average Bonchev–Trinajstić information content (AvgIpc) is 3.19. The fraction of sp³-hybridized carbons (Fsp3) is 0.111. The van der Waals surface area contributed by atoms with Crippen molar-refractivity contribution in [3.05, 3.63) is 71.8 Å². The van der Waals surface area contributed by atoms with Crippen molar-refractivity contribution in [2.75, 3.05) is 5.32 Å². The molecule has 25 heavy (non-hydrogen) atoms. The highest BCUT2D eigenvalue weighted by molar-refractivity contribution is 6.10. The van der Waals surface area contributed by atoms with Gasteiger partial charge in [0.25, 0.3) is 5.91 Å². The van der Waals surface area contributed by atoms with Gasteiger partial charge in [0.1, 0.15) is 5.82 Å². The van der Waals surface area contributed by atoms with Crippen LogP contribution in [0, 0.1) is 6.92 Å². The topological polar surface area (TPSA) is 88.5 Å². The van der Waals surface area contributed by atoms with Gasteiger partial charge in [0.2, 0.25) is 0 Å². The first-order chi connectivity index (χ1) is 12.2. The van der Waals surface area contributed by atoms with E-state index >= 15 is 0 Å². The minimum absolute atomic E-state index is 0.278. The summed E-state index contributed by atoms with van der Waals surface area (Å²) in [6.07, 6.45) is 1.74. The zero-order chi connectivity index (χ0) is 17.2. The molecular formula is C18H16N6O. The molecular weight excluding hydrogens is 316 g/mol. The minimum atomic E-state index is -0.278. The van der Waals surface area contributed by atoms with Gasteiger partial charge < -0.3 is 5.32 Å². The molecule has 0 aliphatic rings. The number of amides is 1. The lowest BCUT2D eigenvalue weighted by Crippen LogP contribution is -2.17. The molecule has 7 heteroatoms. The summed E-state index contributed by atoms with van der Waals surface area (Å²) in [6, 6.07) is 15.1. The lowest BCUT2D eigenvalue weighted by Gasteiger charge is -2.08. The molecule has 1 amide bonds. The number of pyridine rings is 1. The molecule has 1 aromatic carbocycles. The number of aromatic nitrogens is 5. The molecule has 0 saturated carbocycles. The van der Waals surface area contributed by atoms with Crippen molar-refractivity contribution in [1.29, 1.82) is 0 Å². The van der Waals surface area contributed by atoms with E-state index in [1.807, 2.05) is 55.5 Å². The summed E-state index contributed by atoms with van der Waals surface area (Å²) in [5.41, 5.74) is 2.87. The van der Waals surface area contributed by atoms with Crippen LogP contribution in [0.5, 0.6) is 0 Å². The van der Waals surface area contributed by atoms with E-state index in [0.717, 1.165) is 22.3 Å². The molecule has 0 bridgehead atoms. The fourth-order valence-electron chi connectivity index (χ4n) is 2.72. The quantitative estimate of drug-likeness (QED) is 0.601. The molecule has 4 rings (SSSR count). The van der Waals surface area contributed by atoms with Crippen LogP contribution >= 0.6 is 0 Å². The third-order valence-corrected chi connectivity index (χ3v) is 3.87. The van der Waals surface area contributed by atoms with Gasteiger partial charge in [-0.1, -0.05) is 24.3 Å². The molecule has 0 atom stereocenters. The lowest BCUT2D eigenvalue weighted by atomic mass is 10.2. The van der Waals surface area contributed by atoms with E-state index in [1.54, 1.807) is 10.9 Å². The molecule has 3 heterocycles. The monoisotopic (exact) mass is 332 g/mol. The number of hydrogen-bond donors (Lipinski definition) is 2. The van der Waals surface area contributed by atoms with Gasteiger partial charge in [0, 0.05) is 17.6 Å². The summed E-state index contributed by atoms with van der Waals surface area (Å²) in [7, 11) is 0. The largest absolute Gasteiger partial charge is 0.305 e. The van der Waals surface area contributed by atoms with E-state index in [2.05, 4.69) is 25.6 Å². The summed E-state index contributed by atoms with van der Waals surface area (Å²) in [6.45, 7) is 2.36. The summed E-state index contributed by atoms with van der Waals surface area (Å²) >= 11 is 0. The second-order valence-electron chi connectivity index (χ2n) is 5.72. The van der Waals surface area contributed by atoms with Crippen LogP contribution < -0.4 is 5.32 Å². The van der Waals surface area contributed by atoms with Gasteiger partial charge in [-0.15, -0.1) is 0 Å². The highest BCUT2D eigenvalue weighted by atomic mass is 16.2. The molecule has 0 saturated heterocycles. The van der Waals surface area contributed by atoms with Gasteiger partial charge in [-0.2, -0.15) is 10.2 Å². The maximum atomic E-state index is 12.7. The van der Waals surface area contributed by atoms with Crippen LogP contribution in [0.25, 0.3) is 10.9 Å². The van der Waals surface area contributed by atoms with Crippen molar-refractivity contribution in [2.24, 2.45) is 0 Å². The van der Waals surface area contributed by atoms with Crippen LogP contribution in [0.3, 0.4) is 0 Å². The number of aryl methyl sites for hydroxylation is 1. The molecule has 4 aromatic rings. The molecule has 0 fully saturated rings. The zero-order valence-corrected chi connectivity index (χ0v) is 13.6. The predicted molar refractivity (Wildman–Crippen MR) is 94.3 cm³/mol. The number of carbonyl (C=O) groups excluding carboxylic acids is 1. The van der Waals surface area contributed by atoms with Crippen LogP contribution in [0.15, 0.2) is 54.7 Å². The molecule has 0 aliphatic heterocycles. The summed E-state index contributed by atoms with van der Waals surface area (Å²) in [5.74, 6) is 0.333. The van der Waals surface area contributed by atoms with E-state index in [0.29, 0.717) is 18.1 Å². The Hall–Kier alpha value is -3.48. The predicted octanol–water partition coefficient (Wildman–Crippen LogP) is 2.76. The first kappa shape index (κ1) is 15.1. The maximum Gasteiger partial charge on any atom is 0.277 e. The number of benzene rings is 1. The number of fused-ring (bicyclic) bond motifs is 1. The second-order valence-corrected chi connectivity index (χ2v) is 5.72. The van der Waals surface area contributed by atoms with Crippen molar-refractivity contribution >= 4 is 22.6 Å². The van der Waals surface area contributed by atoms with Crippen molar-refractivity contribution < 1.29 is 4.79 Å². The third kappa shape index (κ3) is 2.99. The third-order valence-electron chi connectivity index (χ3n) is 3.87. The Morgan fingerprint density at radius 3 is 2.88 bits per heavy atom. The number of H-pyrrole nitrogens is 1. The van der Waals surface area contributed by atoms with Gasteiger partial charge in [0.05, 0.1) is 23.4 Å². The van der Waals surface area contributed by atoms with Crippen LogP contribution in [0.1, 0.15) is 21.9 Å². The van der Waals surface area contributed by atoms with E-state index in [1.165, 1.54) is 0 Å². The lowest BCUT2D eigenvalue weighted by molar-refractivity contribution is 0.102. The second kappa shape index (κ2) is 6.20. The van der Waals surface area contributed by atoms with Gasteiger partial charge in [-0.3, -0.25) is 14.9 Å². The van der Waals surface area contributed by atoms with Crippen molar-refractivity contribution in [1.82, 2.24) is 25.0 Å². The van der Waals surface area contributed by atoms with Gasteiger partial charge in [-0.05, 0) is 25.1 Å². The molecule has 0 unspecified atom stereocenters. The minimum Gasteiger partial charge on any atom is -0.305 e. The van der Waals surface area contributed by atoms with Gasteiger partial charge >= 0.3 is 0 Å². The molecule has 3 aromatic heterocycles. The Balaban J connectivity index is 1.61. The Morgan fingerprint density at radius 2 is 2.04 bits per heavy atom. The summed E-state index contributed by atoms with van der Waals surface area (Å²) in [5, 5.41) is 15.1. The zero-order valence-electron chi connectivity index (χ0n) is 13.6. The molecule has 7 nitrogen and oxygen atoms in total. The number of nitrogens with zero attached hydrogens (tertiary/aromatic N) is 4. The highest BCUT2D eigenvalue weighted by Crippen LogP contribution is 2.18. The number of nitrogens with one attached hydrogen (secondary N) is 2. The number of carbonyl (C=O) groups is 1. The average molecular weight is 332 g/mol. The van der Waals surface area contributed by atoms with E-state index in [-0.39, 0.29) is 5.91 Å². The molecule has 2 N–H and O–H groups in total. The molecule has 0 spiro atoms. The highest BCUT2D eigenvalue weighted by Gasteiger charge is 2.16. The van der Waals surface area contributed by atoms with Gasteiger partial charge in [0.15, 0.2) is 5.69 Å². The first-order valence-electron chi connectivity index (χ1n) is 7.89. The molecule has 124 valence electrons. The van der Waals surface area contributed by atoms with Gasteiger partial charge in [-0.25, -0.2) is 4.68 Å². The number of para-hydroxylation sites is 1. The van der Waals surface area contributed by atoms with E-state index < -0.39 is 0 Å². The van der Waals surface area contributed by atoms with Crippen LogP contribution in [-0.4, -0.2) is 30.9 Å². The van der Waals surface area contributed by atoms with E-state index in [9.17, 15) is 4.79 Å².